The Morgan fingerprint density at radius 2 is 2.30 bits per heavy atom. The number of rotatable bonds is 2. The Kier molecular flexibility index (Phi) is 4.28. The van der Waals surface area contributed by atoms with Gasteiger partial charge in [0.1, 0.15) is 0 Å². The van der Waals surface area contributed by atoms with Crippen molar-refractivity contribution in [1.29, 1.82) is 0 Å². The van der Waals surface area contributed by atoms with Gasteiger partial charge >= 0.3 is 6.09 Å². The van der Waals surface area contributed by atoms with Crippen LogP contribution in [0, 0.1) is 0 Å². The van der Waals surface area contributed by atoms with Crippen LogP contribution in [0.15, 0.2) is 5.16 Å². The molecule has 1 N–H and O–H groups in total. The lowest BCUT2D eigenvalue weighted by Crippen LogP contribution is -2.29. The quantitative estimate of drug-likeness (QED) is 0.359. The highest BCUT2D eigenvalue weighted by atomic mass is 16.7. The molecule has 58 valence electrons. The summed E-state index contributed by atoms with van der Waals surface area (Å²) in [5.41, 5.74) is 0. The monoisotopic (exact) mass is 144 g/mol. The third kappa shape index (κ3) is 5.08. The van der Waals surface area contributed by atoms with Gasteiger partial charge in [-0.3, -0.25) is 4.84 Å². The van der Waals surface area contributed by atoms with Gasteiger partial charge in [0.25, 0.3) is 0 Å². The van der Waals surface area contributed by atoms with Crippen LogP contribution in [-0.2, 0) is 4.84 Å². The van der Waals surface area contributed by atoms with Gasteiger partial charge in [0, 0.05) is 12.3 Å². The Bertz CT molecular complexity index is 132. The number of nitrogens with one attached hydrogen (secondary N) is 1. The fourth-order valence-corrected chi connectivity index (χ4v) is 0.363. The molecule has 0 aliphatic rings. The van der Waals surface area contributed by atoms with Crippen molar-refractivity contribution < 1.29 is 9.63 Å². The Labute approximate surface area is 60.2 Å². The van der Waals surface area contributed by atoms with Gasteiger partial charge in [0.15, 0.2) is 0 Å². The molecule has 4 nitrogen and oxygen atoms in total. The van der Waals surface area contributed by atoms with Crippen molar-refractivity contribution in [2.45, 2.75) is 26.8 Å². The first-order chi connectivity index (χ1) is 4.66. The predicted octanol–water partition coefficient (Wildman–Crippen LogP) is 1.13. The summed E-state index contributed by atoms with van der Waals surface area (Å²) in [6.45, 7) is 5.36. The van der Waals surface area contributed by atoms with Gasteiger partial charge in [-0.2, -0.15) is 0 Å². The van der Waals surface area contributed by atoms with Crippen molar-refractivity contribution in [3.63, 3.8) is 0 Å². The van der Waals surface area contributed by atoms with E-state index in [0.29, 0.717) is 0 Å². The zero-order chi connectivity index (χ0) is 7.98. The van der Waals surface area contributed by atoms with Crippen LogP contribution in [-0.4, -0.2) is 18.3 Å². The number of oxime groups is 1. The third-order valence-electron chi connectivity index (χ3n) is 0.648. The zero-order valence-corrected chi connectivity index (χ0v) is 6.42. The molecular weight excluding hydrogens is 132 g/mol. The minimum Gasteiger partial charge on any atom is -0.317 e. The fourth-order valence-electron chi connectivity index (χ4n) is 0.363. The predicted molar refractivity (Wildman–Crippen MR) is 38.9 cm³/mol. The normalized spacial score (nSPS) is 10.4. The van der Waals surface area contributed by atoms with Crippen LogP contribution in [0.3, 0.4) is 0 Å². The molecular formula is C6H12N2O2. The molecule has 1 amide bonds. The number of carbonyl (C=O) groups excluding carboxylic acids is 1. The van der Waals surface area contributed by atoms with Crippen LogP contribution in [0.5, 0.6) is 0 Å². The molecule has 0 saturated carbocycles. The molecule has 0 fully saturated rings. The summed E-state index contributed by atoms with van der Waals surface area (Å²) >= 11 is 0. The molecule has 0 spiro atoms. The van der Waals surface area contributed by atoms with Crippen LogP contribution in [0.4, 0.5) is 4.79 Å². The average molecular weight is 144 g/mol. The third-order valence-corrected chi connectivity index (χ3v) is 0.648. The van der Waals surface area contributed by atoms with Crippen molar-refractivity contribution in [2.24, 2.45) is 5.16 Å². The van der Waals surface area contributed by atoms with Crippen molar-refractivity contribution in [3.8, 4) is 0 Å². The van der Waals surface area contributed by atoms with E-state index in [0.717, 1.165) is 0 Å². The SMILES string of the molecule is C/C=N/OC(=O)NC(C)C. The van der Waals surface area contributed by atoms with Crippen LogP contribution in [0.25, 0.3) is 0 Å². The number of carbonyl (C=O) groups is 1. The van der Waals surface area contributed by atoms with Gasteiger partial charge in [-0.1, -0.05) is 5.16 Å². The van der Waals surface area contributed by atoms with Gasteiger partial charge in [-0.25, -0.2) is 4.79 Å². The Morgan fingerprint density at radius 3 is 2.70 bits per heavy atom. The van der Waals surface area contributed by atoms with Crippen molar-refractivity contribution in [3.05, 3.63) is 0 Å². The largest absolute Gasteiger partial charge is 0.433 e. The molecule has 0 aromatic heterocycles. The Balaban J connectivity index is 3.44. The summed E-state index contributed by atoms with van der Waals surface area (Å²) in [6.07, 6.45) is 0.882. The Morgan fingerprint density at radius 1 is 1.70 bits per heavy atom. The van der Waals surface area contributed by atoms with Crippen molar-refractivity contribution in [1.82, 2.24) is 5.32 Å². The smallest absolute Gasteiger partial charge is 0.317 e. The minimum atomic E-state index is -0.520. The first-order valence-corrected chi connectivity index (χ1v) is 3.12. The van der Waals surface area contributed by atoms with Gasteiger partial charge in [-0.15, -0.1) is 0 Å². The average Bonchev–Trinajstić information content (AvgIpc) is 1.82. The maximum atomic E-state index is 10.6. The van der Waals surface area contributed by atoms with E-state index in [1.54, 1.807) is 6.92 Å². The molecule has 0 atom stereocenters. The van der Waals surface area contributed by atoms with Gasteiger partial charge in [-0.05, 0) is 20.8 Å². The summed E-state index contributed by atoms with van der Waals surface area (Å²) in [6, 6.07) is 0.0829. The highest BCUT2D eigenvalue weighted by Gasteiger charge is 2.00. The lowest BCUT2D eigenvalue weighted by molar-refractivity contribution is 0.148. The van der Waals surface area contributed by atoms with E-state index in [9.17, 15) is 4.79 Å². The van der Waals surface area contributed by atoms with E-state index in [1.807, 2.05) is 13.8 Å². The maximum absolute atomic E-state index is 10.6. The summed E-state index contributed by atoms with van der Waals surface area (Å²) in [5.74, 6) is 0. The molecule has 4 heteroatoms. The second kappa shape index (κ2) is 4.78. The lowest BCUT2D eigenvalue weighted by Gasteiger charge is -2.03. The molecule has 0 aromatic rings. The van der Waals surface area contributed by atoms with Crippen molar-refractivity contribution >= 4 is 12.3 Å². The van der Waals surface area contributed by atoms with Crippen LogP contribution < -0.4 is 5.32 Å². The first kappa shape index (κ1) is 8.94. The summed E-state index contributed by atoms with van der Waals surface area (Å²) in [7, 11) is 0. The lowest BCUT2D eigenvalue weighted by atomic mass is 10.4. The van der Waals surface area contributed by atoms with E-state index in [-0.39, 0.29) is 6.04 Å². The molecule has 0 aromatic carbocycles. The topological polar surface area (TPSA) is 50.7 Å². The second-order valence-corrected chi connectivity index (χ2v) is 2.04. The summed E-state index contributed by atoms with van der Waals surface area (Å²) in [4.78, 5) is 14.9. The standard InChI is InChI=1S/C6H12N2O2/c1-4-7-10-6(9)8-5(2)3/h4-5H,1-3H3,(H,8,9)/b7-4+. The molecule has 0 aliphatic heterocycles. The number of hydrogen-bond donors (Lipinski definition) is 1. The van der Waals surface area contributed by atoms with E-state index in [2.05, 4.69) is 15.3 Å². The number of nitrogens with zero attached hydrogens (tertiary/aromatic N) is 1. The molecule has 0 rings (SSSR count). The number of amides is 1. The molecule has 0 unspecified atom stereocenters. The molecule has 0 saturated heterocycles. The van der Waals surface area contributed by atoms with E-state index < -0.39 is 6.09 Å². The van der Waals surface area contributed by atoms with E-state index in [1.165, 1.54) is 6.21 Å². The minimum absolute atomic E-state index is 0.0829. The zero-order valence-electron chi connectivity index (χ0n) is 6.42. The highest BCUT2D eigenvalue weighted by Crippen LogP contribution is 1.81. The molecule has 10 heavy (non-hydrogen) atoms. The number of hydrogen-bond acceptors (Lipinski definition) is 3. The van der Waals surface area contributed by atoms with Gasteiger partial charge in [0.05, 0.1) is 0 Å². The van der Waals surface area contributed by atoms with E-state index in [4.69, 9.17) is 0 Å². The fraction of sp³-hybridized carbons (Fsp3) is 0.667. The summed E-state index contributed by atoms with van der Waals surface area (Å²) < 4.78 is 0. The second-order valence-electron chi connectivity index (χ2n) is 2.04. The van der Waals surface area contributed by atoms with Crippen LogP contribution >= 0.6 is 0 Å². The van der Waals surface area contributed by atoms with Gasteiger partial charge in [0.2, 0.25) is 0 Å². The first-order valence-electron chi connectivity index (χ1n) is 3.12. The summed E-state index contributed by atoms with van der Waals surface area (Å²) in [5, 5.41) is 5.79. The van der Waals surface area contributed by atoms with Gasteiger partial charge < -0.3 is 5.32 Å². The highest BCUT2D eigenvalue weighted by molar-refractivity contribution is 5.68. The van der Waals surface area contributed by atoms with E-state index >= 15 is 0 Å². The Hall–Kier alpha value is -1.06. The molecule has 0 bridgehead atoms. The molecule has 0 aliphatic carbocycles. The van der Waals surface area contributed by atoms with Crippen molar-refractivity contribution in [2.75, 3.05) is 0 Å². The van der Waals surface area contributed by atoms with Crippen LogP contribution in [0.2, 0.25) is 0 Å². The van der Waals surface area contributed by atoms with Crippen LogP contribution in [0.1, 0.15) is 20.8 Å². The molecule has 0 heterocycles. The maximum Gasteiger partial charge on any atom is 0.433 e. The molecule has 0 radical (unpaired) electrons.